The number of nitrogens with zero attached hydrogens (tertiary/aromatic N) is 1. The van der Waals surface area contributed by atoms with Gasteiger partial charge in [0.2, 0.25) is 0 Å². The Kier molecular flexibility index (Phi) is 8.44. The number of carbonyl (C=O) groups is 2. The molecule has 0 heterocycles. The molecule has 0 saturated heterocycles. The highest BCUT2D eigenvalue weighted by atomic mass is 16.5. The summed E-state index contributed by atoms with van der Waals surface area (Å²) in [5.74, 6) is 1.49. The van der Waals surface area contributed by atoms with Crippen molar-refractivity contribution in [1.29, 1.82) is 5.26 Å². The maximum absolute atomic E-state index is 13.2. The van der Waals surface area contributed by atoms with Gasteiger partial charge >= 0.3 is 11.9 Å². The van der Waals surface area contributed by atoms with Gasteiger partial charge in [-0.3, -0.25) is 0 Å². The Morgan fingerprint density at radius 2 is 1.43 bits per heavy atom. The van der Waals surface area contributed by atoms with Crippen molar-refractivity contribution in [2.24, 2.45) is 56.7 Å². The quantitative estimate of drug-likeness (QED) is 0.298. The number of fused-ring (bicyclic) bond motifs is 7. The monoisotopic (exact) mass is 661 g/mol. The van der Waals surface area contributed by atoms with Gasteiger partial charge in [0.25, 0.3) is 0 Å². The smallest absolute Gasteiger partial charge is 0.338 e. The van der Waals surface area contributed by atoms with Crippen LogP contribution in [0.1, 0.15) is 120 Å². The zero-order chi connectivity index (χ0) is 34.8. The zero-order valence-corrected chi connectivity index (χ0v) is 30.5. The summed E-state index contributed by atoms with van der Waals surface area (Å²) in [6.45, 7) is 15.2. The van der Waals surface area contributed by atoms with Crippen molar-refractivity contribution < 1.29 is 19.1 Å². The Morgan fingerprint density at radius 1 is 0.776 bits per heavy atom. The van der Waals surface area contributed by atoms with E-state index < -0.39 is 0 Å². The molecule has 49 heavy (non-hydrogen) atoms. The van der Waals surface area contributed by atoms with Crippen LogP contribution in [0.25, 0.3) is 0 Å². The van der Waals surface area contributed by atoms with Gasteiger partial charge in [-0.1, -0.05) is 84.0 Å². The van der Waals surface area contributed by atoms with E-state index in [9.17, 15) is 14.9 Å². The highest BCUT2D eigenvalue weighted by Gasteiger charge is 2.70. The molecule has 2 aromatic carbocycles. The molecular weight excluding hydrogens is 606 g/mol. The summed E-state index contributed by atoms with van der Waals surface area (Å²) >= 11 is 0. The van der Waals surface area contributed by atoms with Crippen LogP contribution >= 0.6 is 0 Å². The lowest BCUT2D eigenvalue weighted by atomic mass is 9.31. The van der Waals surface area contributed by atoms with E-state index in [1.165, 1.54) is 12.8 Å². The second kappa shape index (κ2) is 12.1. The van der Waals surface area contributed by atoms with Crippen LogP contribution in [-0.2, 0) is 9.47 Å². The standard InChI is InChI=1S/C44H55NO4/c1-29-32(27-45)19-24-44(28-48-38(46)30-13-9-7-10-14-30)26-25-42(5)33(37(29)44)17-18-35-41(4)22-21-36(49-39(47)31-15-11-8-12-16-31)40(2,3)34(41)20-23-43(35,42)6/h7-16,19,29,33-37H,17-18,20-26,28H2,1-6H3/t29-,33-,34+,35-,36+,37+,41-,42-,43+,44-/m1/s1. The molecule has 5 aliphatic rings. The number of benzene rings is 2. The number of ether oxygens (including phenoxy) is 2. The predicted octanol–water partition coefficient (Wildman–Crippen LogP) is 10.2. The van der Waals surface area contributed by atoms with Crippen LogP contribution in [0.15, 0.2) is 72.3 Å². The molecule has 2 aromatic rings. The largest absolute Gasteiger partial charge is 0.461 e. The maximum atomic E-state index is 13.2. The SMILES string of the molecule is C[C@@H]1C(C#N)=CC[C@]2(COC(=O)c3ccccc3)CC[C@]3(C)[C@H](CC[C@@H]4[C@]5(C)CC[C@H](OC(=O)c6ccccc6)C(C)(C)[C@@H]5CC[C@@]43C)[C@H]12. The molecule has 0 aromatic heterocycles. The number of esters is 2. The zero-order valence-electron chi connectivity index (χ0n) is 30.5. The van der Waals surface area contributed by atoms with Gasteiger partial charge in [0, 0.05) is 16.4 Å². The van der Waals surface area contributed by atoms with Gasteiger partial charge < -0.3 is 9.47 Å². The minimum atomic E-state index is -0.251. The second-order valence-corrected chi connectivity index (χ2v) is 17.9. The Morgan fingerprint density at radius 3 is 2.08 bits per heavy atom. The van der Waals surface area contributed by atoms with E-state index in [1.54, 1.807) is 0 Å². The number of carbonyl (C=O) groups excluding carboxylic acids is 2. The van der Waals surface area contributed by atoms with Crippen LogP contribution in [0, 0.1) is 68.0 Å². The molecule has 7 rings (SSSR count). The molecule has 0 bridgehead atoms. The lowest BCUT2D eigenvalue weighted by Crippen LogP contribution is -2.67. The van der Waals surface area contributed by atoms with E-state index in [4.69, 9.17) is 9.47 Å². The van der Waals surface area contributed by atoms with Crippen molar-refractivity contribution in [3.63, 3.8) is 0 Å². The Hall–Kier alpha value is -3.39. The first-order valence-corrected chi connectivity index (χ1v) is 18.9. The minimum absolute atomic E-state index is 0.0947. The number of allylic oxidation sites excluding steroid dienone is 2. The fraction of sp³-hybridized carbons (Fsp3) is 0.614. The highest BCUT2D eigenvalue weighted by molar-refractivity contribution is 5.89. The van der Waals surface area contributed by atoms with Crippen LogP contribution < -0.4 is 0 Å². The van der Waals surface area contributed by atoms with Gasteiger partial charge in [0.1, 0.15) is 6.10 Å². The third-order valence-corrected chi connectivity index (χ3v) is 15.8. The summed E-state index contributed by atoms with van der Waals surface area (Å²) < 4.78 is 12.5. The van der Waals surface area contributed by atoms with E-state index in [0.717, 1.165) is 50.5 Å². The van der Waals surface area contributed by atoms with Gasteiger partial charge in [0.05, 0.1) is 23.8 Å². The summed E-state index contributed by atoms with van der Waals surface area (Å²) in [6.07, 6.45) is 11.6. The molecule has 5 heteroatoms. The van der Waals surface area contributed by atoms with Gasteiger partial charge in [-0.2, -0.15) is 5.26 Å². The van der Waals surface area contributed by atoms with E-state index in [2.05, 4.69) is 53.7 Å². The van der Waals surface area contributed by atoms with Crippen molar-refractivity contribution in [3.05, 3.63) is 83.4 Å². The molecule has 5 aliphatic carbocycles. The highest BCUT2D eigenvalue weighted by Crippen LogP contribution is 2.77. The maximum Gasteiger partial charge on any atom is 0.338 e. The predicted molar refractivity (Wildman–Crippen MR) is 191 cm³/mol. The van der Waals surface area contributed by atoms with Crippen molar-refractivity contribution in [2.45, 2.75) is 105 Å². The fourth-order valence-electron chi connectivity index (χ4n) is 13.1. The molecule has 0 unspecified atom stereocenters. The molecule has 0 N–H and O–H groups in total. The first kappa shape index (κ1) is 34.1. The van der Waals surface area contributed by atoms with E-state index in [0.29, 0.717) is 41.4 Å². The van der Waals surface area contributed by atoms with Crippen molar-refractivity contribution >= 4 is 11.9 Å². The van der Waals surface area contributed by atoms with Crippen molar-refractivity contribution in [3.8, 4) is 6.07 Å². The molecule has 0 radical (unpaired) electrons. The molecule has 0 spiro atoms. The number of rotatable bonds is 5. The summed E-state index contributed by atoms with van der Waals surface area (Å²) in [7, 11) is 0. The van der Waals surface area contributed by atoms with E-state index >= 15 is 0 Å². The first-order valence-electron chi connectivity index (χ1n) is 18.9. The topological polar surface area (TPSA) is 76.4 Å². The normalized spacial score (nSPS) is 40.6. The van der Waals surface area contributed by atoms with Crippen molar-refractivity contribution in [2.75, 3.05) is 6.61 Å². The Labute approximate surface area is 293 Å². The van der Waals surface area contributed by atoms with Crippen LogP contribution in [0.5, 0.6) is 0 Å². The molecule has 4 saturated carbocycles. The lowest BCUT2D eigenvalue weighted by molar-refractivity contribution is -0.253. The Balaban J connectivity index is 1.16. The molecule has 260 valence electrons. The van der Waals surface area contributed by atoms with Gasteiger partial charge in [-0.25, -0.2) is 9.59 Å². The number of nitriles is 1. The Bertz CT molecular complexity index is 1660. The van der Waals surface area contributed by atoms with Crippen LogP contribution in [0.3, 0.4) is 0 Å². The van der Waals surface area contributed by atoms with Gasteiger partial charge in [-0.15, -0.1) is 0 Å². The summed E-state index contributed by atoms with van der Waals surface area (Å²) in [6, 6.07) is 21.3. The van der Waals surface area contributed by atoms with E-state index in [1.807, 2.05) is 60.7 Å². The van der Waals surface area contributed by atoms with Crippen LogP contribution in [0.4, 0.5) is 0 Å². The van der Waals surface area contributed by atoms with Crippen LogP contribution in [0.2, 0.25) is 0 Å². The number of hydrogen-bond acceptors (Lipinski definition) is 5. The second-order valence-electron chi connectivity index (χ2n) is 17.9. The average Bonchev–Trinajstić information content (AvgIpc) is 3.09. The third-order valence-electron chi connectivity index (χ3n) is 15.8. The molecule has 5 nitrogen and oxygen atoms in total. The fourth-order valence-corrected chi connectivity index (χ4v) is 13.1. The van der Waals surface area contributed by atoms with Crippen molar-refractivity contribution in [1.82, 2.24) is 0 Å². The van der Waals surface area contributed by atoms with Crippen LogP contribution in [-0.4, -0.2) is 24.6 Å². The van der Waals surface area contributed by atoms with Gasteiger partial charge in [-0.05, 0) is 128 Å². The molecular formula is C44H55NO4. The molecule has 0 aliphatic heterocycles. The lowest BCUT2D eigenvalue weighted by Gasteiger charge is -2.73. The summed E-state index contributed by atoms with van der Waals surface area (Å²) in [5, 5.41) is 10.2. The third kappa shape index (κ3) is 5.13. The molecule has 4 fully saturated rings. The van der Waals surface area contributed by atoms with E-state index in [-0.39, 0.29) is 51.0 Å². The average molecular weight is 662 g/mol. The first-order chi connectivity index (χ1) is 23.3. The summed E-state index contributed by atoms with van der Waals surface area (Å²) in [4.78, 5) is 26.4. The number of hydrogen-bond donors (Lipinski definition) is 0. The molecule has 0 amide bonds. The molecule has 10 atom stereocenters. The summed E-state index contributed by atoms with van der Waals surface area (Å²) in [5.41, 5.74) is 2.30. The van der Waals surface area contributed by atoms with Gasteiger partial charge in [0.15, 0.2) is 0 Å². The minimum Gasteiger partial charge on any atom is -0.461 e.